The number of rotatable bonds is 5. The van der Waals surface area contributed by atoms with Gasteiger partial charge in [-0.3, -0.25) is 0 Å². The van der Waals surface area contributed by atoms with Crippen LogP contribution in [0.5, 0.6) is 0 Å². The second-order valence-electron chi connectivity index (χ2n) is 11.8. The van der Waals surface area contributed by atoms with Crippen molar-refractivity contribution in [3.63, 3.8) is 0 Å². The Morgan fingerprint density at radius 2 is 1.89 bits per heavy atom. The molecule has 4 rings (SSSR count). The first-order valence-corrected chi connectivity index (χ1v) is 12.5. The number of allylic oxidation sites excluding steroid dienone is 2. The molecule has 28 heavy (non-hydrogen) atoms. The number of hydrogen-bond acceptors (Lipinski definition) is 1. The third kappa shape index (κ3) is 3.38. The Kier molecular flexibility index (Phi) is 5.72. The van der Waals surface area contributed by atoms with Crippen molar-refractivity contribution in [2.45, 2.75) is 105 Å². The van der Waals surface area contributed by atoms with Crippen LogP contribution in [-0.2, 0) is 0 Å². The summed E-state index contributed by atoms with van der Waals surface area (Å²) in [7, 11) is 0. The van der Waals surface area contributed by atoms with Gasteiger partial charge in [-0.25, -0.2) is 0 Å². The third-order valence-corrected chi connectivity index (χ3v) is 10.1. The summed E-state index contributed by atoms with van der Waals surface area (Å²) in [5.41, 5.74) is 2.69. The van der Waals surface area contributed by atoms with E-state index in [0.29, 0.717) is 10.8 Å². The van der Waals surface area contributed by atoms with Crippen LogP contribution in [-0.4, -0.2) is 0 Å². The van der Waals surface area contributed by atoms with Crippen molar-refractivity contribution < 1.29 is 0 Å². The van der Waals surface area contributed by atoms with Crippen molar-refractivity contribution in [2.75, 3.05) is 0 Å². The van der Waals surface area contributed by atoms with E-state index >= 15 is 0 Å². The average Bonchev–Trinajstić information content (AvgIpc) is 3.01. The van der Waals surface area contributed by atoms with Gasteiger partial charge in [0.05, 0.1) is 12.0 Å². The van der Waals surface area contributed by atoms with Gasteiger partial charge in [0.15, 0.2) is 0 Å². The van der Waals surface area contributed by atoms with Gasteiger partial charge in [0.1, 0.15) is 0 Å². The molecule has 0 N–H and O–H groups in total. The second-order valence-corrected chi connectivity index (χ2v) is 11.8. The van der Waals surface area contributed by atoms with Crippen molar-refractivity contribution in [2.24, 2.45) is 46.3 Å². The molecule has 0 aromatic carbocycles. The van der Waals surface area contributed by atoms with Gasteiger partial charge in [-0.1, -0.05) is 58.6 Å². The van der Waals surface area contributed by atoms with E-state index in [1.165, 1.54) is 64.2 Å². The molecule has 3 fully saturated rings. The average molecular weight is 382 g/mol. The van der Waals surface area contributed by atoms with Gasteiger partial charge in [0, 0.05) is 0 Å². The van der Waals surface area contributed by atoms with Gasteiger partial charge in [-0.15, -0.1) is 0 Å². The van der Waals surface area contributed by atoms with Crippen LogP contribution in [0, 0.1) is 57.7 Å². The van der Waals surface area contributed by atoms with Crippen LogP contribution in [0.1, 0.15) is 105 Å². The molecular weight excluding hydrogens is 338 g/mol. The van der Waals surface area contributed by atoms with E-state index < -0.39 is 0 Å². The minimum absolute atomic E-state index is 0.284. The van der Waals surface area contributed by atoms with E-state index in [2.05, 4.69) is 39.8 Å². The van der Waals surface area contributed by atoms with Crippen LogP contribution < -0.4 is 0 Å². The van der Waals surface area contributed by atoms with Crippen LogP contribution >= 0.6 is 0 Å². The summed E-state index contributed by atoms with van der Waals surface area (Å²) in [4.78, 5) is 0. The van der Waals surface area contributed by atoms with E-state index in [0.717, 1.165) is 42.4 Å². The van der Waals surface area contributed by atoms with Gasteiger partial charge in [-0.05, 0) is 98.2 Å². The van der Waals surface area contributed by atoms with Crippen LogP contribution in [0.15, 0.2) is 11.6 Å². The summed E-state index contributed by atoms with van der Waals surface area (Å²) in [6.07, 6.45) is 19.1. The third-order valence-electron chi connectivity index (χ3n) is 10.1. The lowest BCUT2D eigenvalue weighted by Crippen LogP contribution is -2.50. The maximum Gasteiger partial charge on any atom is 0.0659 e. The topological polar surface area (TPSA) is 23.8 Å². The Bertz CT molecular complexity index is 639. The predicted molar refractivity (Wildman–Crippen MR) is 118 cm³/mol. The minimum atomic E-state index is 0.284. The molecule has 0 heterocycles. The van der Waals surface area contributed by atoms with Gasteiger partial charge in [0.25, 0.3) is 0 Å². The van der Waals surface area contributed by atoms with Crippen molar-refractivity contribution in [3.05, 3.63) is 11.6 Å². The van der Waals surface area contributed by atoms with Crippen molar-refractivity contribution in [3.8, 4) is 6.07 Å². The zero-order chi connectivity index (χ0) is 19.9. The molecule has 0 bridgehead atoms. The first-order valence-electron chi connectivity index (χ1n) is 12.5. The fraction of sp³-hybridized carbons (Fsp3) is 0.889. The van der Waals surface area contributed by atoms with E-state index in [-0.39, 0.29) is 5.92 Å². The molecule has 156 valence electrons. The number of fused-ring (bicyclic) bond motifs is 5. The Morgan fingerprint density at radius 3 is 2.64 bits per heavy atom. The Morgan fingerprint density at radius 1 is 1.07 bits per heavy atom. The molecule has 0 saturated heterocycles. The van der Waals surface area contributed by atoms with Crippen LogP contribution in [0.4, 0.5) is 0 Å². The van der Waals surface area contributed by atoms with E-state index in [9.17, 15) is 5.26 Å². The van der Waals surface area contributed by atoms with Crippen LogP contribution in [0.3, 0.4) is 0 Å². The number of hydrogen-bond donors (Lipinski definition) is 0. The quantitative estimate of drug-likeness (QED) is 0.350. The van der Waals surface area contributed by atoms with Gasteiger partial charge in [-0.2, -0.15) is 5.26 Å². The molecule has 7 atom stereocenters. The molecule has 0 aromatic heterocycles. The Labute approximate surface area is 174 Å². The fourth-order valence-electron chi connectivity index (χ4n) is 8.30. The number of nitrogens with zero attached hydrogens (tertiary/aromatic N) is 1. The Hall–Kier alpha value is -0.770. The van der Waals surface area contributed by atoms with Crippen LogP contribution in [0.2, 0.25) is 0 Å². The minimum Gasteiger partial charge on any atom is -0.198 e. The first kappa shape index (κ1) is 20.5. The van der Waals surface area contributed by atoms with Crippen LogP contribution in [0.25, 0.3) is 0 Å². The lowest BCUT2D eigenvalue weighted by atomic mass is 9.47. The predicted octanol–water partition coefficient (Wildman–Crippen LogP) is 7.92. The summed E-state index contributed by atoms with van der Waals surface area (Å²) in [6.45, 7) is 9.99. The zero-order valence-electron chi connectivity index (χ0n) is 19.0. The summed E-state index contributed by atoms with van der Waals surface area (Å²) in [5.74, 6) is 4.91. The first-order chi connectivity index (χ1) is 13.4. The molecule has 1 heteroatoms. The highest BCUT2D eigenvalue weighted by molar-refractivity contribution is 5.26. The normalized spacial score (nSPS) is 45.0. The lowest BCUT2D eigenvalue weighted by Gasteiger charge is -2.58. The maximum absolute atomic E-state index is 9.43. The summed E-state index contributed by atoms with van der Waals surface area (Å²) in [6, 6.07) is 2.57. The zero-order valence-corrected chi connectivity index (χ0v) is 19.0. The van der Waals surface area contributed by atoms with E-state index in [1.807, 2.05) is 0 Å². The van der Waals surface area contributed by atoms with Gasteiger partial charge in [0.2, 0.25) is 0 Å². The SMILES string of the molecule is CC(C)CCCC[C@H]1CC[C@H]2[C@@H]3CC=C4C[C@@H](C#N)CC[C@]4(C)[C@H]3CC[C@]12C. The molecule has 0 aromatic rings. The van der Waals surface area contributed by atoms with Gasteiger partial charge < -0.3 is 0 Å². The molecule has 0 unspecified atom stereocenters. The molecule has 0 radical (unpaired) electrons. The highest BCUT2D eigenvalue weighted by Crippen LogP contribution is 2.67. The molecule has 0 aliphatic heterocycles. The second kappa shape index (κ2) is 7.81. The largest absolute Gasteiger partial charge is 0.198 e. The number of nitriles is 1. The molecule has 1 nitrogen and oxygen atoms in total. The summed E-state index contributed by atoms with van der Waals surface area (Å²) >= 11 is 0. The van der Waals surface area contributed by atoms with E-state index in [4.69, 9.17) is 0 Å². The monoisotopic (exact) mass is 381 g/mol. The van der Waals surface area contributed by atoms with Crippen molar-refractivity contribution in [1.82, 2.24) is 0 Å². The number of unbranched alkanes of at least 4 members (excludes halogenated alkanes) is 1. The fourth-order valence-corrected chi connectivity index (χ4v) is 8.30. The van der Waals surface area contributed by atoms with E-state index in [1.54, 1.807) is 5.57 Å². The smallest absolute Gasteiger partial charge is 0.0659 e. The van der Waals surface area contributed by atoms with Crippen molar-refractivity contribution in [1.29, 1.82) is 5.26 Å². The maximum atomic E-state index is 9.43. The summed E-state index contributed by atoms with van der Waals surface area (Å²) < 4.78 is 0. The highest BCUT2D eigenvalue weighted by atomic mass is 14.6. The molecule has 0 spiro atoms. The Balaban J connectivity index is 1.46. The van der Waals surface area contributed by atoms with Crippen molar-refractivity contribution >= 4 is 0 Å². The summed E-state index contributed by atoms with van der Waals surface area (Å²) in [5, 5.41) is 9.43. The van der Waals surface area contributed by atoms with Gasteiger partial charge >= 0.3 is 0 Å². The molecular formula is C27H43N. The molecule has 0 amide bonds. The lowest BCUT2D eigenvalue weighted by molar-refractivity contribution is -0.0442. The molecule has 4 aliphatic carbocycles. The molecule has 4 aliphatic rings. The molecule has 3 saturated carbocycles. The standard InChI is InChI=1S/C27H43N/c1-19(2)7-5-6-8-21-10-12-24-23-11-9-22-17-20(18-28)13-15-27(22,4)25(23)14-16-26(21,24)3/h9,19-21,23-25H,5-8,10-17H2,1-4H3/t20-,21-,23-,24-,25-,26+,27-/m0/s1. The highest BCUT2D eigenvalue weighted by Gasteiger charge is 2.58.